The predicted molar refractivity (Wildman–Crippen MR) is 120 cm³/mol. The minimum Gasteiger partial charge on any atom is -0.480 e. The molecule has 3 aromatic rings. The Bertz CT molecular complexity index is 1150. The largest absolute Gasteiger partial charge is 0.480 e. The number of benzene rings is 2. The summed E-state index contributed by atoms with van der Waals surface area (Å²) in [7, 11) is 0. The number of halogens is 3. The van der Waals surface area contributed by atoms with Crippen LogP contribution < -0.4 is 10.1 Å². The van der Waals surface area contributed by atoms with Gasteiger partial charge in [0, 0.05) is 12.6 Å². The lowest BCUT2D eigenvalue weighted by Gasteiger charge is -2.15. The number of aromatic nitrogens is 1. The maximum atomic E-state index is 12.4. The molecule has 0 aliphatic heterocycles. The van der Waals surface area contributed by atoms with E-state index >= 15 is 0 Å². The number of ether oxygens (including phenoxy) is 1. The van der Waals surface area contributed by atoms with Gasteiger partial charge >= 0.3 is 11.9 Å². The number of rotatable bonds is 7. The molecule has 2 N–H and O–H groups in total. The summed E-state index contributed by atoms with van der Waals surface area (Å²) in [6.07, 6.45) is 1.41. The van der Waals surface area contributed by atoms with Crippen molar-refractivity contribution >= 4 is 52.6 Å². The van der Waals surface area contributed by atoms with E-state index in [1.807, 2.05) is 0 Å². The van der Waals surface area contributed by atoms with Gasteiger partial charge in [0.2, 0.25) is 0 Å². The van der Waals surface area contributed by atoms with Crippen molar-refractivity contribution in [1.82, 2.24) is 10.3 Å². The smallest absolute Gasteiger partial charge is 0.346 e. The monoisotopic (exact) mass is 492 g/mol. The van der Waals surface area contributed by atoms with Gasteiger partial charge in [0.1, 0.15) is 16.9 Å². The summed E-state index contributed by atoms with van der Waals surface area (Å²) in [4.78, 5) is 40.1. The number of carboxylic acids is 1. The summed E-state index contributed by atoms with van der Waals surface area (Å²) in [5, 5.41) is 12.2. The maximum Gasteiger partial charge on any atom is 0.346 e. The number of esters is 1. The highest BCUT2D eigenvalue weighted by Crippen LogP contribution is 2.26. The Morgan fingerprint density at radius 1 is 0.969 bits per heavy atom. The van der Waals surface area contributed by atoms with Gasteiger partial charge in [-0.05, 0) is 42.0 Å². The molecule has 1 heterocycles. The first kappa shape index (κ1) is 23.5. The zero-order valence-electron chi connectivity index (χ0n) is 16.2. The Labute approximate surface area is 197 Å². The SMILES string of the molecule is O=C(N[C@@H](Cc1ccc(OC(=O)c2c(Cl)cccc2Cl)cc1)C(=O)O)c1cccnc1Cl. The summed E-state index contributed by atoms with van der Waals surface area (Å²) in [6.45, 7) is 0. The molecule has 0 saturated heterocycles. The van der Waals surface area contributed by atoms with Gasteiger partial charge in [0.25, 0.3) is 5.91 Å². The van der Waals surface area contributed by atoms with Crippen LogP contribution in [-0.2, 0) is 11.2 Å². The van der Waals surface area contributed by atoms with Gasteiger partial charge in [-0.2, -0.15) is 0 Å². The maximum absolute atomic E-state index is 12.4. The number of amides is 1. The Kier molecular flexibility index (Phi) is 7.69. The molecule has 0 unspecified atom stereocenters. The molecule has 0 aliphatic carbocycles. The highest BCUT2D eigenvalue weighted by Gasteiger charge is 2.23. The van der Waals surface area contributed by atoms with E-state index < -0.39 is 23.9 Å². The average Bonchev–Trinajstić information content (AvgIpc) is 2.74. The molecule has 1 aromatic heterocycles. The predicted octanol–water partition coefficient (Wildman–Crippen LogP) is 4.69. The third kappa shape index (κ3) is 5.76. The Morgan fingerprint density at radius 2 is 1.62 bits per heavy atom. The van der Waals surface area contributed by atoms with Crippen LogP contribution >= 0.6 is 34.8 Å². The van der Waals surface area contributed by atoms with E-state index in [-0.39, 0.29) is 38.5 Å². The minimum absolute atomic E-state index is 0.0104. The Hall–Kier alpha value is -3.13. The van der Waals surface area contributed by atoms with Gasteiger partial charge < -0.3 is 15.2 Å². The van der Waals surface area contributed by atoms with Crippen molar-refractivity contribution in [3.8, 4) is 5.75 Å². The van der Waals surface area contributed by atoms with Crippen LogP contribution in [0.25, 0.3) is 0 Å². The number of nitrogens with zero attached hydrogens (tertiary/aromatic N) is 1. The summed E-state index contributed by atoms with van der Waals surface area (Å²) < 4.78 is 5.29. The van der Waals surface area contributed by atoms with Crippen molar-refractivity contribution < 1.29 is 24.2 Å². The Balaban J connectivity index is 1.68. The third-order valence-corrected chi connectivity index (χ3v) is 5.28. The number of pyridine rings is 1. The molecule has 164 valence electrons. The van der Waals surface area contributed by atoms with Crippen LogP contribution in [0.15, 0.2) is 60.8 Å². The van der Waals surface area contributed by atoms with Crippen molar-refractivity contribution in [1.29, 1.82) is 0 Å². The van der Waals surface area contributed by atoms with Crippen LogP contribution in [0.1, 0.15) is 26.3 Å². The van der Waals surface area contributed by atoms with E-state index in [2.05, 4.69) is 10.3 Å². The molecule has 1 atom stereocenters. The molecule has 0 aliphatic rings. The van der Waals surface area contributed by atoms with Gasteiger partial charge in [0.15, 0.2) is 0 Å². The molecule has 7 nitrogen and oxygen atoms in total. The second-order valence-electron chi connectivity index (χ2n) is 6.54. The highest BCUT2D eigenvalue weighted by molar-refractivity contribution is 6.39. The van der Waals surface area contributed by atoms with Crippen molar-refractivity contribution in [2.75, 3.05) is 0 Å². The van der Waals surface area contributed by atoms with Crippen LogP contribution in [0.5, 0.6) is 5.75 Å². The molecule has 0 saturated carbocycles. The first-order chi connectivity index (χ1) is 15.3. The molecule has 3 rings (SSSR count). The topological polar surface area (TPSA) is 106 Å². The van der Waals surface area contributed by atoms with Crippen LogP contribution in [0.4, 0.5) is 0 Å². The van der Waals surface area contributed by atoms with Crippen molar-refractivity contribution in [2.45, 2.75) is 12.5 Å². The van der Waals surface area contributed by atoms with E-state index in [1.165, 1.54) is 42.6 Å². The van der Waals surface area contributed by atoms with Gasteiger partial charge in [-0.1, -0.05) is 53.0 Å². The number of hydrogen-bond acceptors (Lipinski definition) is 5. The van der Waals surface area contributed by atoms with Gasteiger partial charge in [-0.3, -0.25) is 4.79 Å². The van der Waals surface area contributed by atoms with Crippen molar-refractivity contribution in [2.24, 2.45) is 0 Å². The molecule has 10 heteroatoms. The summed E-state index contributed by atoms with van der Waals surface area (Å²) >= 11 is 17.9. The minimum atomic E-state index is -1.22. The lowest BCUT2D eigenvalue weighted by Crippen LogP contribution is -2.42. The van der Waals surface area contributed by atoms with E-state index in [0.717, 1.165) is 0 Å². The summed E-state index contributed by atoms with van der Waals surface area (Å²) in [5.74, 6) is -2.38. The van der Waals surface area contributed by atoms with E-state index in [0.29, 0.717) is 5.56 Å². The van der Waals surface area contributed by atoms with Crippen molar-refractivity contribution in [3.05, 3.63) is 92.7 Å². The number of aliphatic carboxylic acids is 1. The standard InChI is InChI=1S/C22H15Cl3N2O5/c23-15-4-1-5-16(24)18(15)22(31)32-13-8-6-12(7-9-13)11-17(21(29)30)27-20(28)14-3-2-10-26-19(14)25/h1-10,17H,11H2,(H,27,28)(H,29,30)/t17-/m0/s1. The highest BCUT2D eigenvalue weighted by atomic mass is 35.5. The van der Waals surface area contributed by atoms with Crippen LogP contribution in [0.2, 0.25) is 15.2 Å². The Morgan fingerprint density at radius 3 is 2.22 bits per heavy atom. The number of hydrogen-bond donors (Lipinski definition) is 2. The molecular formula is C22H15Cl3N2O5. The second-order valence-corrected chi connectivity index (χ2v) is 7.71. The van der Waals surface area contributed by atoms with Crippen LogP contribution in [-0.4, -0.2) is 34.0 Å². The zero-order chi connectivity index (χ0) is 23.3. The summed E-state index contributed by atoms with van der Waals surface area (Å²) in [5.41, 5.74) is 0.703. The fraction of sp³-hybridized carbons (Fsp3) is 0.0909. The van der Waals surface area contributed by atoms with Crippen LogP contribution in [0.3, 0.4) is 0 Å². The van der Waals surface area contributed by atoms with E-state index in [1.54, 1.807) is 18.2 Å². The zero-order valence-corrected chi connectivity index (χ0v) is 18.5. The molecule has 2 aromatic carbocycles. The van der Waals surface area contributed by atoms with Gasteiger partial charge in [-0.25, -0.2) is 14.6 Å². The first-order valence-electron chi connectivity index (χ1n) is 9.15. The lowest BCUT2D eigenvalue weighted by molar-refractivity contribution is -0.139. The first-order valence-corrected chi connectivity index (χ1v) is 10.3. The molecule has 0 radical (unpaired) electrons. The van der Waals surface area contributed by atoms with Gasteiger partial charge in [0.05, 0.1) is 21.2 Å². The molecule has 0 fully saturated rings. The normalized spacial score (nSPS) is 11.5. The fourth-order valence-corrected chi connectivity index (χ4v) is 3.53. The number of nitrogens with one attached hydrogen (secondary N) is 1. The quantitative estimate of drug-likeness (QED) is 0.281. The van der Waals surface area contributed by atoms with Crippen molar-refractivity contribution in [3.63, 3.8) is 0 Å². The van der Waals surface area contributed by atoms with Crippen LogP contribution in [0, 0.1) is 0 Å². The molecule has 32 heavy (non-hydrogen) atoms. The molecule has 0 spiro atoms. The second kappa shape index (κ2) is 10.5. The molecular weight excluding hydrogens is 479 g/mol. The average molecular weight is 494 g/mol. The fourth-order valence-electron chi connectivity index (χ4n) is 2.77. The lowest BCUT2D eigenvalue weighted by atomic mass is 10.1. The molecule has 0 bridgehead atoms. The number of carbonyl (C=O) groups is 3. The summed E-state index contributed by atoms with van der Waals surface area (Å²) in [6, 6.07) is 12.5. The van der Waals surface area contributed by atoms with Gasteiger partial charge in [-0.15, -0.1) is 0 Å². The van der Waals surface area contributed by atoms with E-state index in [4.69, 9.17) is 39.5 Å². The number of carbonyl (C=O) groups excluding carboxylic acids is 2. The third-order valence-electron chi connectivity index (χ3n) is 4.35. The molecule has 1 amide bonds. The van der Waals surface area contributed by atoms with E-state index in [9.17, 15) is 19.5 Å². The number of carboxylic acid groups (broad SMARTS) is 1.